The van der Waals surface area contributed by atoms with Gasteiger partial charge in [-0.1, -0.05) is 12.1 Å². The minimum atomic E-state index is -0.310. The van der Waals surface area contributed by atoms with E-state index >= 15 is 0 Å². The predicted molar refractivity (Wildman–Crippen MR) is 78.7 cm³/mol. The van der Waals surface area contributed by atoms with Crippen molar-refractivity contribution in [2.75, 3.05) is 19.5 Å². The summed E-state index contributed by atoms with van der Waals surface area (Å²) in [5.74, 6) is 0.607. The van der Waals surface area contributed by atoms with Gasteiger partial charge < -0.3 is 14.8 Å². The quantitative estimate of drug-likeness (QED) is 0.936. The number of carbonyl (C=O) groups is 1. The van der Waals surface area contributed by atoms with Crippen molar-refractivity contribution in [2.45, 2.75) is 0 Å². The smallest absolute Gasteiger partial charge is 0.259 e. The van der Waals surface area contributed by atoms with Crippen LogP contribution in [0.5, 0.6) is 11.5 Å². The van der Waals surface area contributed by atoms with Gasteiger partial charge in [-0.3, -0.25) is 4.79 Å². The molecule has 0 atom stereocenters. The van der Waals surface area contributed by atoms with E-state index in [2.05, 4.69) is 5.32 Å². The summed E-state index contributed by atoms with van der Waals surface area (Å²) in [5, 5.41) is 11.6. The lowest BCUT2D eigenvalue weighted by Gasteiger charge is -2.12. The largest absolute Gasteiger partial charge is 0.496 e. The molecule has 0 aromatic heterocycles. The van der Waals surface area contributed by atoms with Crippen LogP contribution in [0.3, 0.4) is 0 Å². The Labute approximate surface area is 122 Å². The summed E-state index contributed by atoms with van der Waals surface area (Å²) < 4.78 is 10.3. The molecule has 2 rings (SSSR count). The van der Waals surface area contributed by atoms with Crippen molar-refractivity contribution in [3.8, 4) is 17.6 Å². The zero-order valence-electron chi connectivity index (χ0n) is 11.7. The number of amides is 1. The average molecular weight is 282 g/mol. The highest BCUT2D eigenvalue weighted by molar-refractivity contribution is 6.06. The average Bonchev–Trinajstić information content (AvgIpc) is 2.55. The number of hydrogen-bond donors (Lipinski definition) is 1. The van der Waals surface area contributed by atoms with Gasteiger partial charge in [0, 0.05) is 6.07 Å². The minimum Gasteiger partial charge on any atom is -0.496 e. The number of nitrogens with one attached hydrogen (secondary N) is 1. The van der Waals surface area contributed by atoms with Crippen molar-refractivity contribution in [3.05, 3.63) is 53.6 Å². The zero-order valence-corrected chi connectivity index (χ0v) is 11.7. The Morgan fingerprint density at radius 1 is 1.10 bits per heavy atom. The molecule has 0 spiro atoms. The molecule has 0 saturated carbocycles. The van der Waals surface area contributed by atoms with Crippen LogP contribution in [-0.2, 0) is 0 Å². The summed E-state index contributed by atoms with van der Waals surface area (Å²) in [4.78, 5) is 12.3. The Morgan fingerprint density at radius 2 is 1.81 bits per heavy atom. The lowest BCUT2D eigenvalue weighted by molar-refractivity contribution is 0.102. The zero-order chi connectivity index (χ0) is 15.2. The molecule has 0 fully saturated rings. The highest BCUT2D eigenvalue weighted by Gasteiger charge is 2.14. The Balaban J connectivity index is 2.30. The maximum atomic E-state index is 12.3. The van der Waals surface area contributed by atoms with Gasteiger partial charge in [0.1, 0.15) is 11.5 Å². The van der Waals surface area contributed by atoms with Crippen molar-refractivity contribution < 1.29 is 14.3 Å². The highest BCUT2D eigenvalue weighted by atomic mass is 16.5. The monoisotopic (exact) mass is 282 g/mol. The number of rotatable bonds is 4. The number of anilines is 1. The number of ether oxygens (including phenoxy) is 2. The van der Waals surface area contributed by atoms with Gasteiger partial charge in [-0.05, 0) is 24.3 Å². The number of para-hydroxylation sites is 1. The van der Waals surface area contributed by atoms with Gasteiger partial charge in [0.2, 0.25) is 0 Å². The van der Waals surface area contributed by atoms with Crippen LogP contribution in [0.4, 0.5) is 5.69 Å². The number of methoxy groups -OCH3 is 2. The fourth-order valence-corrected chi connectivity index (χ4v) is 1.89. The second-order valence-corrected chi connectivity index (χ2v) is 4.18. The van der Waals surface area contributed by atoms with Crippen LogP contribution in [0.15, 0.2) is 42.5 Å². The molecule has 1 amide bonds. The Hall–Kier alpha value is -3.00. The SMILES string of the molecule is COc1cc(C#N)ccc1NC(=O)c1ccccc1OC. The molecule has 2 aromatic rings. The topological polar surface area (TPSA) is 71.3 Å². The molecule has 0 radical (unpaired) electrons. The third-order valence-corrected chi connectivity index (χ3v) is 2.93. The van der Waals surface area contributed by atoms with Crippen molar-refractivity contribution in [1.82, 2.24) is 0 Å². The summed E-state index contributed by atoms with van der Waals surface area (Å²) in [5.41, 5.74) is 1.38. The van der Waals surface area contributed by atoms with Gasteiger partial charge in [-0.15, -0.1) is 0 Å². The van der Waals surface area contributed by atoms with Gasteiger partial charge >= 0.3 is 0 Å². The first kappa shape index (κ1) is 14.4. The maximum absolute atomic E-state index is 12.3. The maximum Gasteiger partial charge on any atom is 0.259 e. The molecule has 0 aliphatic heterocycles. The van der Waals surface area contributed by atoms with Crippen molar-refractivity contribution in [2.24, 2.45) is 0 Å². The Kier molecular flexibility index (Phi) is 4.42. The van der Waals surface area contributed by atoms with Crippen LogP contribution in [-0.4, -0.2) is 20.1 Å². The van der Waals surface area contributed by atoms with E-state index in [1.54, 1.807) is 42.5 Å². The fraction of sp³-hybridized carbons (Fsp3) is 0.125. The van der Waals surface area contributed by atoms with Gasteiger partial charge in [0.05, 0.1) is 37.1 Å². The lowest BCUT2D eigenvalue weighted by Crippen LogP contribution is -2.13. The Bertz CT molecular complexity index is 705. The third-order valence-electron chi connectivity index (χ3n) is 2.93. The van der Waals surface area contributed by atoms with Crippen LogP contribution in [0.1, 0.15) is 15.9 Å². The molecule has 0 saturated heterocycles. The van der Waals surface area contributed by atoms with E-state index in [0.717, 1.165) is 0 Å². The molecule has 5 nitrogen and oxygen atoms in total. The molecule has 2 aromatic carbocycles. The van der Waals surface area contributed by atoms with Crippen molar-refractivity contribution in [1.29, 1.82) is 5.26 Å². The predicted octanol–water partition coefficient (Wildman–Crippen LogP) is 2.83. The first-order valence-electron chi connectivity index (χ1n) is 6.22. The number of carbonyl (C=O) groups excluding carboxylic acids is 1. The minimum absolute atomic E-state index is 0.310. The first-order valence-corrected chi connectivity index (χ1v) is 6.22. The van der Waals surface area contributed by atoms with Gasteiger partial charge in [-0.2, -0.15) is 5.26 Å². The number of benzene rings is 2. The molecule has 1 N–H and O–H groups in total. The van der Waals surface area contributed by atoms with E-state index in [1.807, 2.05) is 6.07 Å². The molecule has 0 heterocycles. The van der Waals surface area contributed by atoms with E-state index in [-0.39, 0.29) is 5.91 Å². The third kappa shape index (κ3) is 3.12. The van der Waals surface area contributed by atoms with E-state index in [0.29, 0.717) is 28.3 Å². The van der Waals surface area contributed by atoms with E-state index in [9.17, 15) is 4.79 Å². The van der Waals surface area contributed by atoms with Crippen LogP contribution >= 0.6 is 0 Å². The molecule has 0 unspecified atom stereocenters. The molecule has 0 bridgehead atoms. The summed E-state index contributed by atoms with van der Waals surface area (Å²) >= 11 is 0. The van der Waals surface area contributed by atoms with Crippen LogP contribution < -0.4 is 14.8 Å². The van der Waals surface area contributed by atoms with Crippen LogP contribution in [0.25, 0.3) is 0 Å². The van der Waals surface area contributed by atoms with E-state index in [4.69, 9.17) is 14.7 Å². The molecular formula is C16H14N2O3. The summed E-state index contributed by atoms with van der Waals surface area (Å²) in [6, 6.07) is 13.8. The van der Waals surface area contributed by atoms with Gasteiger partial charge in [0.15, 0.2) is 0 Å². The number of nitriles is 1. The summed E-state index contributed by atoms with van der Waals surface area (Å²) in [7, 11) is 2.99. The molecule has 21 heavy (non-hydrogen) atoms. The standard InChI is InChI=1S/C16H14N2O3/c1-20-14-6-4-3-5-12(14)16(19)18-13-8-7-11(10-17)9-15(13)21-2/h3-9H,1-2H3,(H,18,19). The highest BCUT2D eigenvalue weighted by Crippen LogP contribution is 2.27. The van der Waals surface area contributed by atoms with E-state index < -0.39 is 0 Å². The van der Waals surface area contributed by atoms with Crippen LogP contribution in [0.2, 0.25) is 0 Å². The number of hydrogen-bond acceptors (Lipinski definition) is 4. The molecule has 5 heteroatoms. The van der Waals surface area contributed by atoms with E-state index in [1.165, 1.54) is 14.2 Å². The van der Waals surface area contributed by atoms with Gasteiger partial charge in [0.25, 0.3) is 5.91 Å². The molecule has 0 aliphatic carbocycles. The summed E-state index contributed by atoms with van der Waals surface area (Å²) in [6.45, 7) is 0. The second-order valence-electron chi connectivity index (χ2n) is 4.18. The number of nitrogens with zero attached hydrogens (tertiary/aromatic N) is 1. The second kappa shape index (κ2) is 6.44. The molecular weight excluding hydrogens is 268 g/mol. The normalized spacial score (nSPS) is 9.57. The lowest BCUT2D eigenvalue weighted by atomic mass is 10.1. The fourth-order valence-electron chi connectivity index (χ4n) is 1.89. The van der Waals surface area contributed by atoms with Crippen molar-refractivity contribution in [3.63, 3.8) is 0 Å². The van der Waals surface area contributed by atoms with Crippen LogP contribution in [0, 0.1) is 11.3 Å². The molecule has 0 aliphatic rings. The Morgan fingerprint density at radius 3 is 2.48 bits per heavy atom. The molecule has 106 valence electrons. The van der Waals surface area contributed by atoms with Crippen molar-refractivity contribution >= 4 is 11.6 Å². The van der Waals surface area contributed by atoms with Gasteiger partial charge in [-0.25, -0.2) is 0 Å². The first-order chi connectivity index (χ1) is 10.2. The summed E-state index contributed by atoms with van der Waals surface area (Å²) in [6.07, 6.45) is 0.